The van der Waals surface area contributed by atoms with Crippen LogP contribution in [0.5, 0.6) is 5.75 Å². The first-order valence-electron chi connectivity index (χ1n) is 4.67. The van der Waals surface area contributed by atoms with E-state index in [1.54, 1.807) is 33.3 Å². The summed E-state index contributed by atoms with van der Waals surface area (Å²) in [5, 5.41) is 2.99. The minimum absolute atomic E-state index is 0.0606. The second-order valence-corrected chi connectivity index (χ2v) is 3.36. The van der Waals surface area contributed by atoms with Crippen LogP contribution in [0.25, 0.3) is 0 Å². The van der Waals surface area contributed by atoms with E-state index >= 15 is 0 Å². The van der Waals surface area contributed by atoms with Gasteiger partial charge in [0, 0.05) is 32.9 Å². The zero-order valence-electron chi connectivity index (χ0n) is 9.50. The molecule has 1 aromatic carbocycles. The van der Waals surface area contributed by atoms with E-state index in [-0.39, 0.29) is 5.91 Å². The van der Waals surface area contributed by atoms with Gasteiger partial charge in [0.05, 0.1) is 12.7 Å². The quantitative estimate of drug-likeness (QED) is 0.817. The molecule has 0 atom stereocenters. The highest BCUT2D eigenvalue weighted by Crippen LogP contribution is 2.23. The molecule has 0 aromatic heterocycles. The minimum atomic E-state index is -0.0606. The predicted molar refractivity (Wildman–Crippen MR) is 60.6 cm³/mol. The van der Waals surface area contributed by atoms with Crippen LogP contribution in [0.2, 0.25) is 0 Å². The summed E-state index contributed by atoms with van der Waals surface area (Å²) in [6.07, 6.45) is 0. The fraction of sp³-hybridized carbons (Fsp3) is 0.364. The van der Waals surface area contributed by atoms with E-state index in [1.807, 2.05) is 13.1 Å². The Morgan fingerprint density at radius 2 is 2.07 bits per heavy atom. The van der Waals surface area contributed by atoms with Gasteiger partial charge in [-0.25, -0.2) is 0 Å². The normalized spacial score (nSPS) is 9.60. The molecule has 4 nitrogen and oxygen atoms in total. The van der Waals surface area contributed by atoms with Gasteiger partial charge in [0.15, 0.2) is 0 Å². The van der Waals surface area contributed by atoms with Gasteiger partial charge in [-0.1, -0.05) is 0 Å². The third kappa shape index (κ3) is 2.40. The molecule has 0 heterocycles. The smallest absolute Gasteiger partial charge is 0.257 e. The number of carbonyl (C=O) groups excluding carboxylic acids is 1. The fourth-order valence-electron chi connectivity index (χ4n) is 1.26. The molecular formula is C11H16N2O2. The molecule has 1 aromatic rings. The lowest BCUT2D eigenvalue weighted by Crippen LogP contribution is -2.22. The van der Waals surface area contributed by atoms with Crippen molar-refractivity contribution in [3.05, 3.63) is 23.8 Å². The standard InChI is InChI=1S/C11H16N2O2/c1-12-8-5-6-9(10(7-8)15-4)11(14)13(2)3/h5-7,12H,1-4H3. The van der Waals surface area contributed by atoms with Gasteiger partial charge in [-0.15, -0.1) is 0 Å². The highest BCUT2D eigenvalue weighted by Gasteiger charge is 2.13. The van der Waals surface area contributed by atoms with Crippen molar-refractivity contribution in [3.8, 4) is 5.75 Å². The highest BCUT2D eigenvalue weighted by atomic mass is 16.5. The monoisotopic (exact) mass is 208 g/mol. The fourth-order valence-corrected chi connectivity index (χ4v) is 1.26. The van der Waals surface area contributed by atoms with Crippen LogP contribution in [0.15, 0.2) is 18.2 Å². The molecule has 0 aliphatic carbocycles. The average Bonchev–Trinajstić information content (AvgIpc) is 2.27. The number of amides is 1. The van der Waals surface area contributed by atoms with Crippen molar-refractivity contribution in [3.63, 3.8) is 0 Å². The number of hydrogen-bond donors (Lipinski definition) is 1. The van der Waals surface area contributed by atoms with Gasteiger partial charge in [0.25, 0.3) is 5.91 Å². The molecule has 1 N–H and O–H groups in total. The Balaban J connectivity index is 3.13. The molecule has 0 unspecified atom stereocenters. The molecule has 0 spiro atoms. The van der Waals surface area contributed by atoms with Crippen molar-refractivity contribution in [2.75, 3.05) is 33.6 Å². The maximum Gasteiger partial charge on any atom is 0.257 e. The van der Waals surface area contributed by atoms with Gasteiger partial charge in [-0.05, 0) is 12.1 Å². The number of hydrogen-bond acceptors (Lipinski definition) is 3. The van der Waals surface area contributed by atoms with Crippen LogP contribution < -0.4 is 10.1 Å². The van der Waals surface area contributed by atoms with Crippen LogP contribution in [0.1, 0.15) is 10.4 Å². The number of nitrogens with one attached hydrogen (secondary N) is 1. The topological polar surface area (TPSA) is 41.6 Å². The van der Waals surface area contributed by atoms with Crippen molar-refractivity contribution in [2.45, 2.75) is 0 Å². The summed E-state index contributed by atoms with van der Waals surface area (Å²) in [6, 6.07) is 5.41. The molecule has 0 radical (unpaired) electrons. The van der Waals surface area contributed by atoms with E-state index in [0.717, 1.165) is 5.69 Å². The Kier molecular flexibility index (Phi) is 3.55. The van der Waals surface area contributed by atoms with Crippen molar-refractivity contribution < 1.29 is 9.53 Å². The Labute approximate surface area is 89.8 Å². The van der Waals surface area contributed by atoms with Gasteiger partial charge < -0.3 is 15.0 Å². The van der Waals surface area contributed by atoms with E-state index in [4.69, 9.17) is 4.74 Å². The van der Waals surface area contributed by atoms with Crippen molar-refractivity contribution in [2.24, 2.45) is 0 Å². The third-order valence-electron chi connectivity index (χ3n) is 2.13. The lowest BCUT2D eigenvalue weighted by molar-refractivity contribution is 0.0824. The molecule has 15 heavy (non-hydrogen) atoms. The molecule has 0 saturated carbocycles. The number of anilines is 1. The summed E-state index contributed by atoms with van der Waals surface area (Å²) in [6.45, 7) is 0. The summed E-state index contributed by atoms with van der Waals surface area (Å²) in [7, 11) is 6.81. The van der Waals surface area contributed by atoms with E-state index in [2.05, 4.69) is 5.32 Å². The summed E-state index contributed by atoms with van der Waals surface area (Å²) >= 11 is 0. The van der Waals surface area contributed by atoms with E-state index in [1.165, 1.54) is 4.90 Å². The molecule has 0 bridgehead atoms. The lowest BCUT2D eigenvalue weighted by Gasteiger charge is -2.14. The van der Waals surface area contributed by atoms with Crippen LogP contribution in [0.4, 0.5) is 5.69 Å². The summed E-state index contributed by atoms with van der Waals surface area (Å²) in [5.74, 6) is 0.523. The number of methoxy groups -OCH3 is 1. The number of benzene rings is 1. The van der Waals surface area contributed by atoms with Gasteiger partial charge in [0.2, 0.25) is 0 Å². The summed E-state index contributed by atoms with van der Waals surface area (Å²) in [5.41, 5.74) is 1.49. The van der Waals surface area contributed by atoms with E-state index < -0.39 is 0 Å². The molecule has 4 heteroatoms. The van der Waals surface area contributed by atoms with E-state index in [9.17, 15) is 4.79 Å². The van der Waals surface area contributed by atoms with Crippen LogP contribution in [0.3, 0.4) is 0 Å². The molecule has 0 aliphatic heterocycles. The first-order valence-corrected chi connectivity index (χ1v) is 4.67. The molecule has 82 valence electrons. The highest BCUT2D eigenvalue weighted by molar-refractivity contribution is 5.97. The number of ether oxygens (including phenoxy) is 1. The van der Waals surface area contributed by atoms with Crippen molar-refractivity contribution in [1.29, 1.82) is 0 Å². The lowest BCUT2D eigenvalue weighted by atomic mass is 10.1. The van der Waals surface area contributed by atoms with Crippen LogP contribution in [0, 0.1) is 0 Å². The maximum absolute atomic E-state index is 11.7. The largest absolute Gasteiger partial charge is 0.496 e. The average molecular weight is 208 g/mol. The second kappa shape index (κ2) is 4.68. The minimum Gasteiger partial charge on any atom is -0.496 e. The Morgan fingerprint density at radius 3 is 2.53 bits per heavy atom. The summed E-state index contributed by atoms with van der Waals surface area (Å²) in [4.78, 5) is 13.3. The Hall–Kier alpha value is -1.71. The van der Waals surface area contributed by atoms with Gasteiger partial charge >= 0.3 is 0 Å². The van der Waals surface area contributed by atoms with Gasteiger partial charge in [0.1, 0.15) is 5.75 Å². The second-order valence-electron chi connectivity index (χ2n) is 3.36. The SMILES string of the molecule is CNc1ccc(C(=O)N(C)C)c(OC)c1. The maximum atomic E-state index is 11.7. The molecule has 0 aliphatic rings. The predicted octanol–water partition coefficient (Wildman–Crippen LogP) is 1.44. The molecule has 0 saturated heterocycles. The zero-order valence-corrected chi connectivity index (χ0v) is 9.50. The van der Waals surface area contributed by atoms with Gasteiger partial charge in [-0.3, -0.25) is 4.79 Å². The molecular weight excluding hydrogens is 192 g/mol. The van der Waals surface area contributed by atoms with Crippen molar-refractivity contribution in [1.82, 2.24) is 4.90 Å². The van der Waals surface area contributed by atoms with E-state index in [0.29, 0.717) is 11.3 Å². The first kappa shape index (κ1) is 11.4. The molecule has 0 fully saturated rings. The molecule has 1 rings (SSSR count). The Bertz CT molecular complexity index is 362. The van der Waals surface area contributed by atoms with Gasteiger partial charge in [-0.2, -0.15) is 0 Å². The van der Waals surface area contributed by atoms with Crippen LogP contribution in [-0.4, -0.2) is 39.1 Å². The Morgan fingerprint density at radius 1 is 1.40 bits per heavy atom. The number of carbonyl (C=O) groups is 1. The number of nitrogens with zero attached hydrogens (tertiary/aromatic N) is 1. The van der Waals surface area contributed by atoms with Crippen LogP contribution >= 0.6 is 0 Å². The van der Waals surface area contributed by atoms with Crippen LogP contribution in [-0.2, 0) is 0 Å². The first-order chi connectivity index (χ1) is 7.10. The zero-order chi connectivity index (χ0) is 11.4. The summed E-state index contributed by atoms with van der Waals surface area (Å²) < 4.78 is 5.17. The number of rotatable bonds is 3. The molecule has 1 amide bonds. The van der Waals surface area contributed by atoms with Crippen molar-refractivity contribution >= 4 is 11.6 Å². The third-order valence-corrected chi connectivity index (χ3v) is 2.13.